The molecule has 0 radical (unpaired) electrons. The number of carbonyl (C=O) groups is 3. The largest absolute Gasteiger partial charge is 0.504 e. The molecule has 204 valence electrons. The molecular formula is C28H27NO9S. The zero-order valence-corrected chi connectivity index (χ0v) is 22.4. The van der Waals surface area contributed by atoms with Crippen LogP contribution in [0, 0.1) is 6.92 Å². The number of esters is 2. The molecule has 39 heavy (non-hydrogen) atoms. The Morgan fingerprint density at radius 2 is 1.90 bits per heavy atom. The summed E-state index contributed by atoms with van der Waals surface area (Å²) < 4.78 is 26.2. The van der Waals surface area contributed by atoms with Crippen LogP contribution in [-0.4, -0.2) is 50.1 Å². The highest BCUT2D eigenvalue weighted by Gasteiger charge is 2.25. The molecule has 1 aromatic heterocycles. The zero-order chi connectivity index (χ0) is 27.9. The maximum Gasteiger partial charge on any atom is 0.341 e. The summed E-state index contributed by atoms with van der Waals surface area (Å²) in [5, 5.41) is 12.7. The van der Waals surface area contributed by atoms with Crippen molar-refractivity contribution in [3.63, 3.8) is 0 Å². The lowest BCUT2D eigenvalue weighted by Crippen LogP contribution is -2.21. The normalized spacial score (nSPS) is 11.9. The highest BCUT2D eigenvalue weighted by Crippen LogP contribution is 2.38. The van der Waals surface area contributed by atoms with Crippen molar-refractivity contribution in [3.8, 4) is 23.0 Å². The van der Waals surface area contributed by atoms with Crippen molar-refractivity contribution in [2.75, 3.05) is 32.4 Å². The number of fused-ring (bicyclic) bond motifs is 1. The summed E-state index contributed by atoms with van der Waals surface area (Å²) in [5.41, 5.74) is 2.47. The molecule has 0 bridgehead atoms. The monoisotopic (exact) mass is 553 g/mol. The van der Waals surface area contributed by atoms with Crippen molar-refractivity contribution in [1.29, 1.82) is 0 Å². The number of phenols is 1. The third kappa shape index (κ3) is 6.68. The number of rotatable bonds is 10. The smallest absolute Gasteiger partial charge is 0.341 e. The molecule has 2 aromatic carbocycles. The van der Waals surface area contributed by atoms with Crippen molar-refractivity contribution >= 4 is 40.3 Å². The van der Waals surface area contributed by atoms with Crippen LogP contribution < -0.4 is 19.5 Å². The van der Waals surface area contributed by atoms with Crippen molar-refractivity contribution in [3.05, 3.63) is 69.6 Å². The number of aryl methyl sites for hydroxylation is 1. The van der Waals surface area contributed by atoms with Gasteiger partial charge < -0.3 is 34.1 Å². The molecule has 0 saturated heterocycles. The topological polar surface area (TPSA) is 130 Å². The van der Waals surface area contributed by atoms with E-state index in [-0.39, 0.29) is 30.5 Å². The Kier molecular flexibility index (Phi) is 8.72. The Morgan fingerprint density at radius 3 is 2.67 bits per heavy atom. The second-order valence-corrected chi connectivity index (χ2v) is 9.57. The van der Waals surface area contributed by atoms with Gasteiger partial charge in [-0.15, -0.1) is 11.3 Å². The predicted molar refractivity (Wildman–Crippen MR) is 144 cm³/mol. The fourth-order valence-electron chi connectivity index (χ4n) is 3.86. The standard InChI is InChI=1S/C28H27NO9S/c1-4-35-28(33)26-19(11-18-6-9-21-23(13-18)38-15-37-21)16(2)39-27(26)29-24(31)14-36-25(32)10-7-17-5-8-20(30)22(12-17)34-3/h5-10,12-13,30H,4,11,14-15H2,1-3H3,(H,29,31). The van der Waals surface area contributed by atoms with Crippen LogP contribution in [0.1, 0.15) is 38.8 Å². The molecule has 1 amide bonds. The summed E-state index contributed by atoms with van der Waals surface area (Å²) in [4.78, 5) is 38.5. The molecule has 0 aliphatic carbocycles. The summed E-state index contributed by atoms with van der Waals surface area (Å²) >= 11 is 1.24. The molecule has 1 aliphatic heterocycles. The van der Waals surface area contributed by atoms with Crippen LogP contribution in [0.25, 0.3) is 6.08 Å². The average molecular weight is 554 g/mol. The number of methoxy groups -OCH3 is 1. The van der Waals surface area contributed by atoms with E-state index in [2.05, 4.69) is 5.32 Å². The van der Waals surface area contributed by atoms with E-state index in [1.807, 2.05) is 25.1 Å². The van der Waals surface area contributed by atoms with Gasteiger partial charge in [-0.05, 0) is 67.3 Å². The average Bonchev–Trinajstić information content (AvgIpc) is 3.50. The van der Waals surface area contributed by atoms with Crippen LogP contribution in [0.2, 0.25) is 0 Å². The van der Waals surface area contributed by atoms with Crippen LogP contribution in [0.15, 0.2) is 42.5 Å². The van der Waals surface area contributed by atoms with Crippen LogP contribution in [0.4, 0.5) is 5.00 Å². The number of hydrogen-bond acceptors (Lipinski definition) is 10. The number of amides is 1. The van der Waals surface area contributed by atoms with E-state index in [0.717, 1.165) is 22.1 Å². The molecule has 4 rings (SSSR count). The Balaban J connectivity index is 1.43. The molecule has 0 atom stereocenters. The molecule has 0 saturated carbocycles. The number of aromatic hydroxyl groups is 1. The lowest BCUT2D eigenvalue weighted by molar-refractivity contribution is -0.142. The van der Waals surface area contributed by atoms with E-state index in [4.69, 9.17) is 23.7 Å². The predicted octanol–water partition coefficient (Wildman–Crippen LogP) is 4.46. The van der Waals surface area contributed by atoms with Crippen LogP contribution >= 0.6 is 11.3 Å². The first kappa shape index (κ1) is 27.5. The Bertz CT molecular complexity index is 1430. The van der Waals surface area contributed by atoms with Crippen LogP contribution in [0.5, 0.6) is 23.0 Å². The van der Waals surface area contributed by atoms with Gasteiger partial charge in [-0.1, -0.05) is 12.1 Å². The molecule has 0 unspecified atom stereocenters. The van der Waals surface area contributed by atoms with E-state index >= 15 is 0 Å². The van der Waals surface area contributed by atoms with Gasteiger partial charge in [0.2, 0.25) is 6.79 Å². The fraction of sp³-hybridized carbons (Fsp3) is 0.250. The molecule has 1 aliphatic rings. The molecule has 11 heteroatoms. The van der Waals surface area contributed by atoms with Gasteiger partial charge in [0.15, 0.2) is 29.6 Å². The van der Waals surface area contributed by atoms with E-state index in [9.17, 15) is 19.5 Å². The third-order valence-corrected chi connectivity index (χ3v) is 6.78. The van der Waals surface area contributed by atoms with E-state index in [1.54, 1.807) is 19.1 Å². The van der Waals surface area contributed by atoms with Crippen molar-refractivity contribution in [2.24, 2.45) is 0 Å². The molecule has 3 aromatic rings. The number of phenolic OH excluding ortho intramolecular Hbond substituents is 1. The fourth-order valence-corrected chi connectivity index (χ4v) is 4.94. The van der Waals surface area contributed by atoms with Crippen molar-refractivity contribution in [1.82, 2.24) is 0 Å². The third-order valence-electron chi connectivity index (χ3n) is 5.72. The molecule has 10 nitrogen and oxygen atoms in total. The van der Waals surface area contributed by atoms with Crippen LogP contribution in [-0.2, 0) is 25.5 Å². The van der Waals surface area contributed by atoms with E-state index < -0.39 is 24.5 Å². The highest BCUT2D eigenvalue weighted by molar-refractivity contribution is 7.16. The number of hydrogen-bond donors (Lipinski definition) is 2. The summed E-state index contributed by atoms with van der Waals surface area (Å²) in [6, 6.07) is 10.1. The molecule has 2 N–H and O–H groups in total. The van der Waals surface area contributed by atoms with Gasteiger partial charge in [0.25, 0.3) is 5.91 Å². The second kappa shape index (κ2) is 12.4. The maximum atomic E-state index is 12.9. The molecular weight excluding hydrogens is 526 g/mol. The van der Waals surface area contributed by atoms with E-state index in [1.165, 1.54) is 30.6 Å². The minimum absolute atomic E-state index is 0.0288. The first-order chi connectivity index (χ1) is 18.8. The summed E-state index contributed by atoms with van der Waals surface area (Å²) in [6.07, 6.45) is 3.03. The van der Waals surface area contributed by atoms with Gasteiger partial charge >= 0.3 is 11.9 Å². The first-order valence-corrected chi connectivity index (χ1v) is 12.8. The van der Waals surface area contributed by atoms with E-state index in [0.29, 0.717) is 28.5 Å². The summed E-state index contributed by atoms with van der Waals surface area (Å²) in [6.45, 7) is 3.33. The lowest BCUT2D eigenvalue weighted by atomic mass is 10.0. The minimum atomic E-state index is -0.742. The number of anilines is 1. The Hall–Kier alpha value is -4.51. The van der Waals surface area contributed by atoms with Gasteiger partial charge in [-0.2, -0.15) is 0 Å². The second-order valence-electron chi connectivity index (χ2n) is 8.35. The number of thiophene rings is 1. The molecule has 0 fully saturated rings. The Labute approximate surface area is 228 Å². The molecule has 0 spiro atoms. The highest BCUT2D eigenvalue weighted by atomic mass is 32.1. The SMILES string of the molecule is CCOC(=O)c1c(NC(=O)COC(=O)C=Cc2ccc(O)c(OC)c2)sc(C)c1Cc1ccc2c(c1)OCO2. The number of nitrogens with one attached hydrogen (secondary N) is 1. The Morgan fingerprint density at radius 1 is 1.10 bits per heavy atom. The maximum absolute atomic E-state index is 12.9. The first-order valence-electron chi connectivity index (χ1n) is 12.0. The zero-order valence-electron chi connectivity index (χ0n) is 21.6. The van der Waals surface area contributed by atoms with Gasteiger partial charge in [-0.3, -0.25) is 4.79 Å². The van der Waals surface area contributed by atoms with Gasteiger partial charge in [0.1, 0.15) is 5.00 Å². The number of benzene rings is 2. The van der Waals surface area contributed by atoms with Crippen LogP contribution in [0.3, 0.4) is 0 Å². The minimum Gasteiger partial charge on any atom is -0.504 e. The molecule has 2 heterocycles. The number of carbonyl (C=O) groups excluding carboxylic acids is 3. The van der Waals surface area contributed by atoms with Crippen molar-refractivity contribution in [2.45, 2.75) is 20.3 Å². The van der Waals surface area contributed by atoms with Gasteiger partial charge in [0, 0.05) is 11.0 Å². The lowest BCUT2D eigenvalue weighted by Gasteiger charge is -2.10. The van der Waals surface area contributed by atoms with Gasteiger partial charge in [-0.25, -0.2) is 9.59 Å². The quantitative estimate of drug-likeness (QED) is 0.276. The number of ether oxygens (including phenoxy) is 5. The summed E-state index contributed by atoms with van der Waals surface area (Å²) in [7, 11) is 1.41. The van der Waals surface area contributed by atoms with Crippen molar-refractivity contribution < 1.29 is 43.2 Å². The van der Waals surface area contributed by atoms with Gasteiger partial charge in [0.05, 0.1) is 19.3 Å². The summed E-state index contributed by atoms with van der Waals surface area (Å²) in [5.74, 6) is -0.390.